The molecule has 2 aliphatic carbocycles. The first kappa shape index (κ1) is 10.1. The molecule has 3 rings (SSSR count). The van der Waals surface area contributed by atoms with Gasteiger partial charge in [0.05, 0.1) is 6.20 Å². The summed E-state index contributed by atoms with van der Waals surface area (Å²) in [5.41, 5.74) is 4.74. The molecule has 0 spiro atoms. The third kappa shape index (κ3) is 1.16. The van der Waals surface area contributed by atoms with E-state index in [0.717, 1.165) is 25.7 Å². The first-order chi connectivity index (χ1) is 7.39. The van der Waals surface area contributed by atoms with Crippen molar-refractivity contribution in [1.82, 2.24) is 10.2 Å². The monoisotopic (exact) mass is 231 g/mol. The van der Waals surface area contributed by atoms with E-state index in [1.54, 1.807) is 0 Å². The Bertz CT molecular complexity index is 427. The summed E-state index contributed by atoms with van der Waals surface area (Å²) in [4.78, 5) is 0. The Labute approximate surface area is 90.2 Å². The van der Waals surface area contributed by atoms with Crippen LogP contribution in [0.15, 0.2) is 6.20 Å². The number of halogens is 3. The molecule has 88 valence electrons. The van der Waals surface area contributed by atoms with Gasteiger partial charge in [-0.3, -0.25) is 5.10 Å². The third-order valence-electron chi connectivity index (χ3n) is 3.93. The molecule has 0 radical (unpaired) electrons. The molecule has 0 amide bonds. The van der Waals surface area contributed by atoms with Crippen molar-refractivity contribution in [3.8, 4) is 0 Å². The van der Waals surface area contributed by atoms with E-state index in [4.69, 9.17) is 5.73 Å². The summed E-state index contributed by atoms with van der Waals surface area (Å²) in [5.74, 6) is 0. The Morgan fingerprint density at radius 2 is 1.88 bits per heavy atom. The summed E-state index contributed by atoms with van der Waals surface area (Å²) in [7, 11) is 0. The van der Waals surface area contributed by atoms with E-state index in [2.05, 4.69) is 10.2 Å². The van der Waals surface area contributed by atoms with Gasteiger partial charge in [-0.2, -0.15) is 18.3 Å². The number of nitrogens with zero attached hydrogens (tertiary/aromatic N) is 1. The Hall–Kier alpha value is -1.04. The Morgan fingerprint density at radius 1 is 1.25 bits per heavy atom. The zero-order valence-corrected chi connectivity index (χ0v) is 8.56. The largest absolute Gasteiger partial charge is 0.433 e. The summed E-state index contributed by atoms with van der Waals surface area (Å²) in [5, 5.41) is 5.60. The lowest BCUT2D eigenvalue weighted by Crippen LogP contribution is -2.38. The molecule has 3 nitrogen and oxygen atoms in total. The minimum absolute atomic E-state index is 0.264. The molecule has 1 heterocycles. The average Bonchev–Trinajstić information content (AvgIpc) is 3.07. The topological polar surface area (TPSA) is 54.7 Å². The number of nitrogens with two attached hydrogens (primary N) is 1. The number of alkyl halides is 3. The summed E-state index contributed by atoms with van der Waals surface area (Å²) < 4.78 is 38.2. The Kier molecular flexibility index (Phi) is 1.65. The molecule has 1 aromatic rings. The fraction of sp³-hybridized carbons (Fsp3) is 0.700. The molecule has 0 unspecified atom stereocenters. The van der Waals surface area contributed by atoms with Crippen molar-refractivity contribution in [2.45, 2.75) is 42.8 Å². The highest BCUT2D eigenvalue weighted by Gasteiger charge is 2.66. The zero-order valence-electron chi connectivity index (χ0n) is 8.56. The Balaban J connectivity index is 2.05. The van der Waals surface area contributed by atoms with Crippen LogP contribution in [-0.4, -0.2) is 15.7 Å². The smallest absolute Gasteiger partial charge is 0.324 e. The van der Waals surface area contributed by atoms with Crippen molar-refractivity contribution in [2.75, 3.05) is 0 Å². The van der Waals surface area contributed by atoms with Gasteiger partial charge in [0.25, 0.3) is 0 Å². The molecule has 0 atom stereocenters. The van der Waals surface area contributed by atoms with Crippen LogP contribution in [0.3, 0.4) is 0 Å². The SMILES string of the molecule is NC1(C2(c3cn[nH]c3C(F)(F)F)CC2)CC1. The molecule has 6 heteroatoms. The van der Waals surface area contributed by atoms with Crippen LogP contribution in [0, 0.1) is 0 Å². The number of H-pyrrole nitrogens is 1. The maximum Gasteiger partial charge on any atom is 0.433 e. The molecular formula is C10H12F3N3. The van der Waals surface area contributed by atoms with E-state index in [-0.39, 0.29) is 5.56 Å². The molecule has 3 N–H and O–H groups in total. The lowest BCUT2D eigenvalue weighted by Gasteiger charge is -2.23. The van der Waals surface area contributed by atoms with Gasteiger partial charge in [0.15, 0.2) is 0 Å². The van der Waals surface area contributed by atoms with Gasteiger partial charge in [0, 0.05) is 16.5 Å². The van der Waals surface area contributed by atoms with E-state index in [9.17, 15) is 13.2 Å². The average molecular weight is 231 g/mol. The van der Waals surface area contributed by atoms with Gasteiger partial charge >= 0.3 is 6.18 Å². The second-order valence-electron chi connectivity index (χ2n) is 4.89. The van der Waals surface area contributed by atoms with Gasteiger partial charge in [-0.05, 0) is 25.7 Å². The van der Waals surface area contributed by atoms with Gasteiger partial charge in [-0.1, -0.05) is 0 Å². The highest BCUT2D eigenvalue weighted by Crippen LogP contribution is 2.64. The summed E-state index contributed by atoms with van der Waals surface area (Å²) in [6, 6.07) is 0. The lowest BCUT2D eigenvalue weighted by molar-refractivity contribution is -0.142. The van der Waals surface area contributed by atoms with Crippen LogP contribution in [0.4, 0.5) is 13.2 Å². The molecule has 0 aromatic carbocycles. The minimum Gasteiger partial charge on any atom is -0.324 e. The second-order valence-corrected chi connectivity index (χ2v) is 4.89. The van der Waals surface area contributed by atoms with Crippen molar-refractivity contribution < 1.29 is 13.2 Å². The molecular weight excluding hydrogens is 219 g/mol. The van der Waals surface area contributed by atoms with Crippen molar-refractivity contribution in [2.24, 2.45) is 5.73 Å². The van der Waals surface area contributed by atoms with Crippen molar-refractivity contribution in [3.63, 3.8) is 0 Å². The number of aromatic amines is 1. The number of nitrogens with one attached hydrogen (secondary N) is 1. The van der Waals surface area contributed by atoms with Crippen LogP contribution in [0.2, 0.25) is 0 Å². The van der Waals surface area contributed by atoms with Gasteiger partial charge in [-0.15, -0.1) is 0 Å². The van der Waals surface area contributed by atoms with Crippen LogP contribution in [0.1, 0.15) is 36.9 Å². The van der Waals surface area contributed by atoms with E-state index in [1.165, 1.54) is 6.20 Å². The number of aromatic nitrogens is 2. The molecule has 0 aliphatic heterocycles. The van der Waals surface area contributed by atoms with E-state index in [1.807, 2.05) is 0 Å². The summed E-state index contributed by atoms with van der Waals surface area (Å²) in [6.07, 6.45) is 0.0403. The standard InChI is InChI=1S/C10H12F3N3/c11-10(12,13)7-6(5-15-16-7)8(1-2-8)9(14)3-4-9/h5H,1-4,14H2,(H,15,16). The van der Waals surface area contributed by atoms with Crippen LogP contribution in [-0.2, 0) is 11.6 Å². The molecule has 2 fully saturated rings. The molecule has 16 heavy (non-hydrogen) atoms. The van der Waals surface area contributed by atoms with Crippen LogP contribution >= 0.6 is 0 Å². The predicted octanol–water partition coefficient (Wildman–Crippen LogP) is 1.95. The number of rotatable bonds is 2. The van der Waals surface area contributed by atoms with Gasteiger partial charge in [-0.25, -0.2) is 0 Å². The van der Waals surface area contributed by atoms with Crippen LogP contribution in [0.25, 0.3) is 0 Å². The highest BCUT2D eigenvalue weighted by atomic mass is 19.4. The number of hydrogen-bond donors (Lipinski definition) is 2. The van der Waals surface area contributed by atoms with Crippen molar-refractivity contribution >= 4 is 0 Å². The minimum atomic E-state index is -4.37. The molecule has 0 bridgehead atoms. The van der Waals surface area contributed by atoms with Crippen LogP contribution in [0.5, 0.6) is 0 Å². The molecule has 2 saturated carbocycles. The number of hydrogen-bond acceptors (Lipinski definition) is 2. The zero-order chi connectivity index (χ0) is 11.6. The first-order valence-corrected chi connectivity index (χ1v) is 5.29. The normalized spacial score (nSPS) is 25.5. The van der Waals surface area contributed by atoms with Crippen molar-refractivity contribution in [3.05, 3.63) is 17.5 Å². The first-order valence-electron chi connectivity index (χ1n) is 5.29. The van der Waals surface area contributed by atoms with E-state index < -0.39 is 22.8 Å². The van der Waals surface area contributed by atoms with Gasteiger partial charge in [0.1, 0.15) is 5.69 Å². The van der Waals surface area contributed by atoms with E-state index >= 15 is 0 Å². The van der Waals surface area contributed by atoms with Gasteiger partial charge in [0.2, 0.25) is 0 Å². The molecule has 0 saturated heterocycles. The van der Waals surface area contributed by atoms with Crippen LogP contribution < -0.4 is 5.73 Å². The fourth-order valence-electron chi connectivity index (χ4n) is 2.64. The van der Waals surface area contributed by atoms with Crippen molar-refractivity contribution in [1.29, 1.82) is 0 Å². The van der Waals surface area contributed by atoms with E-state index in [0.29, 0.717) is 0 Å². The maximum absolute atomic E-state index is 12.7. The Morgan fingerprint density at radius 3 is 2.31 bits per heavy atom. The quantitative estimate of drug-likeness (QED) is 0.817. The fourth-order valence-corrected chi connectivity index (χ4v) is 2.64. The molecule has 2 aliphatic rings. The maximum atomic E-state index is 12.7. The third-order valence-corrected chi connectivity index (χ3v) is 3.93. The highest BCUT2D eigenvalue weighted by molar-refractivity contribution is 5.42. The summed E-state index contributed by atoms with van der Waals surface area (Å²) in [6.45, 7) is 0. The van der Waals surface area contributed by atoms with Gasteiger partial charge < -0.3 is 5.73 Å². The predicted molar refractivity (Wildman–Crippen MR) is 50.7 cm³/mol. The molecule has 1 aromatic heterocycles. The second kappa shape index (κ2) is 2.61. The lowest BCUT2D eigenvalue weighted by atomic mass is 9.86. The summed E-state index contributed by atoms with van der Waals surface area (Å²) >= 11 is 0.